The third-order valence-electron chi connectivity index (χ3n) is 3.31. The molecule has 18 heavy (non-hydrogen) atoms. The lowest BCUT2D eigenvalue weighted by molar-refractivity contribution is 0.0903. The fourth-order valence-corrected chi connectivity index (χ4v) is 2.46. The summed E-state index contributed by atoms with van der Waals surface area (Å²) >= 11 is 5.81. The second-order valence-corrected chi connectivity index (χ2v) is 5.22. The van der Waals surface area contributed by atoms with E-state index in [9.17, 15) is 4.79 Å². The van der Waals surface area contributed by atoms with Crippen molar-refractivity contribution in [1.82, 2.24) is 4.90 Å². The highest BCUT2D eigenvalue weighted by Gasteiger charge is 2.20. The van der Waals surface area contributed by atoms with Crippen molar-refractivity contribution >= 4 is 29.8 Å². The van der Waals surface area contributed by atoms with Gasteiger partial charge in [0, 0.05) is 23.0 Å². The molecular weight excluding hydrogens is 269 g/mol. The summed E-state index contributed by atoms with van der Waals surface area (Å²) in [6, 6.07) is 7.17. The average molecular weight is 288 g/mol. The number of hydrogen-bond donors (Lipinski definition) is 0. The van der Waals surface area contributed by atoms with Gasteiger partial charge in [-0.25, -0.2) is 0 Å². The van der Waals surface area contributed by atoms with Gasteiger partial charge in [0.05, 0.1) is 0 Å². The molecule has 1 aliphatic rings. The molecule has 0 aliphatic carbocycles. The third kappa shape index (κ3) is 3.98. The molecule has 1 unspecified atom stereocenters. The minimum Gasteiger partial charge on any atom is -0.303 e. The van der Waals surface area contributed by atoms with Crippen LogP contribution in [0.4, 0.5) is 0 Å². The zero-order chi connectivity index (χ0) is 12.3. The average Bonchev–Trinajstić information content (AvgIpc) is 2.82. The number of carbonyl (C=O) groups is 1. The van der Waals surface area contributed by atoms with Gasteiger partial charge in [0.15, 0.2) is 5.78 Å². The van der Waals surface area contributed by atoms with E-state index in [2.05, 4.69) is 4.90 Å². The molecule has 0 aromatic heterocycles. The van der Waals surface area contributed by atoms with Crippen LogP contribution in [0.25, 0.3) is 0 Å². The van der Waals surface area contributed by atoms with E-state index in [1.165, 1.54) is 12.8 Å². The second-order valence-electron chi connectivity index (χ2n) is 4.78. The molecule has 0 bridgehead atoms. The van der Waals surface area contributed by atoms with Gasteiger partial charge in [-0.3, -0.25) is 4.79 Å². The van der Waals surface area contributed by atoms with E-state index < -0.39 is 0 Å². The third-order valence-corrected chi connectivity index (χ3v) is 3.56. The number of likely N-dealkylation sites (tertiary alicyclic amines) is 1. The van der Waals surface area contributed by atoms with Gasteiger partial charge in [-0.15, -0.1) is 12.4 Å². The number of rotatable bonds is 4. The Balaban J connectivity index is 0.00000162. The SMILES string of the molecule is CC(CN1CCCC1)C(=O)c1ccc(Cl)cc1.Cl. The minimum atomic E-state index is 0. The molecule has 1 heterocycles. The standard InChI is InChI=1S/C14H18ClNO.ClH/c1-11(10-16-8-2-3-9-16)14(17)12-4-6-13(15)7-5-12;/h4-7,11H,2-3,8-10H2,1H3;1H. The molecule has 1 saturated heterocycles. The Kier molecular flexibility index (Phi) is 6.13. The van der Waals surface area contributed by atoms with Crippen LogP contribution in [-0.2, 0) is 0 Å². The van der Waals surface area contributed by atoms with Crippen LogP contribution < -0.4 is 0 Å². The molecule has 0 spiro atoms. The quantitative estimate of drug-likeness (QED) is 0.788. The summed E-state index contributed by atoms with van der Waals surface area (Å²) in [4.78, 5) is 14.5. The minimum absolute atomic E-state index is 0. The van der Waals surface area contributed by atoms with Crippen LogP contribution in [-0.4, -0.2) is 30.3 Å². The van der Waals surface area contributed by atoms with E-state index in [-0.39, 0.29) is 24.1 Å². The molecule has 1 atom stereocenters. The molecule has 0 radical (unpaired) electrons. The Morgan fingerprint density at radius 1 is 1.28 bits per heavy atom. The Labute approximate surface area is 120 Å². The van der Waals surface area contributed by atoms with E-state index in [0.717, 1.165) is 25.2 Å². The maximum atomic E-state index is 12.2. The first kappa shape index (κ1) is 15.5. The van der Waals surface area contributed by atoms with Crippen molar-refractivity contribution in [2.24, 2.45) is 5.92 Å². The van der Waals surface area contributed by atoms with Crippen molar-refractivity contribution in [3.05, 3.63) is 34.9 Å². The van der Waals surface area contributed by atoms with E-state index in [4.69, 9.17) is 11.6 Å². The van der Waals surface area contributed by atoms with Crippen molar-refractivity contribution in [2.45, 2.75) is 19.8 Å². The van der Waals surface area contributed by atoms with Crippen LogP contribution in [0.1, 0.15) is 30.1 Å². The summed E-state index contributed by atoms with van der Waals surface area (Å²) < 4.78 is 0. The van der Waals surface area contributed by atoms with Gasteiger partial charge < -0.3 is 4.90 Å². The van der Waals surface area contributed by atoms with Crippen LogP contribution >= 0.6 is 24.0 Å². The summed E-state index contributed by atoms with van der Waals surface area (Å²) in [5.41, 5.74) is 0.765. The highest BCUT2D eigenvalue weighted by atomic mass is 35.5. The Morgan fingerprint density at radius 2 is 1.83 bits per heavy atom. The first-order chi connectivity index (χ1) is 8.16. The molecule has 1 aromatic rings. The van der Waals surface area contributed by atoms with E-state index in [1.807, 2.05) is 19.1 Å². The van der Waals surface area contributed by atoms with Crippen LogP contribution in [0.2, 0.25) is 5.02 Å². The predicted octanol–water partition coefficient (Wildman–Crippen LogP) is 3.68. The molecule has 100 valence electrons. The number of nitrogens with zero attached hydrogens (tertiary/aromatic N) is 1. The van der Waals surface area contributed by atoms with Gasteiger partial charge >= 0.3 is 0 Å². The molecule has 0 saturated carbocycles. The Bertz CT molecular complexity index is 385. The van der Waals surface area contributed by atoms with Gasteiger partial charge in [0.2, 0.25) is 0 Å². The Hall–Kier alpha value is -0.570. The van der Waals surface area contributed by atoms with Crippen molar-refractivity contribution in [3.8, 4) is 0 Å². The molecule has 4 heteroatoms. The summed E-state index contributed by atoms with van der Waals surface area (Å²) in [6.45, 7) is 5.16. The summed E-state index contributed by atoms with van der Waals surface area (Å²) in [5, 5.41) is 0.675. The predicted molar refractivity (Wildman–Crippen MR) is 77.9 cm³/mol. The first-order valence-electron chi connectivity index (χ1n) is 6.19. The summed E-state index contributed by atoms with van der Waals surface area (Å²) in [7, 11) is 0. The van der Waals surface area contributed by atoms with Crippen molar-refractivity contribution in [3.63, 3.8) is 0 Å². The largest absolute Gasteiger partial charge is 0.303 e. The normalized spacial score (nSPS) is 17.2. The fourth-order valence-electron chi connectivity index (χ4n) is 2.33. The van der Waals surface area contributed by atoms with Gasteiger partial charge in [-0.2, -0.15) is 0 Å². The monoisotopic (exact) mass is 287 g/mol. The molecule has 1 aliphatic heterocycles. The lowest BCUT2D eigenvalue weighted by Gasteiger charge is -2.19. The first-order valence-corrected chi connectivity index (χ1v) is 6.57. The maximum Gasteiger partial charge on any atom is 0.166 e. The lowest BCUT2D eigenvalue weighted by Crippen LogP contribution is -2.29. The van der Waals surface area contributed by atoms with Gasteiger partial charge in [-0.1, -0.05) is 18.5 Å². The smallest absolute Gasteiger partial charge is 0.166 e. The van der Waals surface area contributed by atoms with Crippen LogP contribution in [0.5, 0.6) is 0 Å². The molecule has 0 N–H and O–H groups in total. The number of halogens is 2. The van der Waals surface area contributed by atoms with Crippen molar-refractivity contribution in [2.75, 3.05) is 19.6 Å². The van der Waals surface area contributed by atoms with Gasteiger partial charge in [0.25, 0.3) is 0 Å². The molecule has 1 aromatic carbocycles. The number of Topliss-reactive ketones (excluding diaryl/α,β-unsaturated/α-hetero) is 1. The van der Waals surface area contributed by atoms with Crippen LogP contribution in [0, 0.1) is 5.92 Å². The van der Waals surface area contributed by atoms with E-state index in [1.54, 1.807) is 12.1 Å². The van der Waals surface area contributed by atoms with E-state index in [0.29, 0.717) is 5.02 Å². The van der Waals surface area contributed by atoms with Crippen molar-refractivity contribution in [1.29, 1.82) is 0 Å². The molecule has 2 nitrogen and oxygen atoms in total. The number of benzene rings is 1. The van der Waals surface area contributed by atoms with Crippen LogP contribution in [0.15, 0.2) is 24.3 Å². The maximum absolute atomic E-state index is 12.2. The van der Waals surface area contributed by atoms with Crippen molar-refractivity contribution < 1.29 is 4.79 Å². The zero-order valence-corrected chi connectivity index (χ0v) is 12.1. The number of ketones is 1. The number of hydrogen-bond acceptors (Lipinski definition) is 2. The topological polar surface area (TPSA) is 20.3 Å². The molecule has 0 amide bonds. The van der Waals surface area contributed by atoms with Crippen LogP contribution in [0.3, 0.4) is 0 Å². The highest BCUT2D eigenvalue weighted by Crippen LogP contribution is 2.16. The Morgan fingerprint density at radius 3 is 2.39 bits per heavy atom. The summed E-state index contributed by atoms with van der Waals surface area (Å²) in [6.07, 6.45) is 2.53. The lowest BCUT2D eigenvalue weighted by atomic mass is 9.99. The molecule has 2 rings (SSSR count). The second kappa shape index (κ2) is 7.13. The van der Waals surface area contributed by atoms with E-state index >= 15 is 0 Å². The highest BCUT2D eigenvalue weighted by molar-refractivity contribution is 6.30. The number of carbonyl (C=O) groups excluding carboxylic acids is 1. The van der Waals surface area contributed by atoms with Gasteiger partial charge in [0.1, 0.15) is 0 Å². The molecular formula is C14H19Cl2NO. The summed E-state index contributed by atoms with van der Waals surface area (Å²) in [5.74, 6) is 0.280. The van der Waals surface area contributed by atoms with Gasteiger partial charge in [-0.05, 0) is 50.2 Å². The molecule has 1 fully saturated rings. The fraction of sp³-hybridized carbons (Fsp3) is 0.500. The zero-order valence-electron chi connectivity index (χ0n) is 10.6.